The highest BCUT2D eigenvalue weighted by Gasteiger charge is 2.47. The van der Waals surface area contributed by atoms with Crippen LogP contribution in [0.25, 0.3) is 11.1 Å². The topological polar surface area (TPSA) is 101 Å². The number of nitrogens with zero attached hydrogens (tertiary/aromatic N) is 1. The van der Waals surface area contributed by atoms with Gasteiger partial charge in [-0.2, -0.15) is 4.39 Å². The van der Waals surface area contributed by atoms with Gasteiger partial charge < -0.3 is 18.9 Å². The number of carbonyl (C=O) groups excluding carboxylic acids is 3. The lowest BCUT2D eigenvalue weighted by Gasteiger charge is -2.40. The van der Waals surface area contributed by atoms with E-state index < -0.39 is 47.6 Å². The lowest BCUT2D eigenvalue weighted by molar-refractivity contribution is -0.186. The normalized spacial score (nSPS) is 22.2. The van der Waals surface area contributed by atoms with Crippen molar-refractivity contribution in [3.63, 3.8) is 0 Å². The van der Waals surface area contributed by atoms with Gasteiger partial charge in [0.05, 0.1) is 5.02 Å². The van der Waals surface area contributed by atoms with Crippen LogP contribution in [0, 0.1) is 5.95 Å². The Morgan fingerprint density at radius 1 is 0.970 bits per heavy atom. The molecular weight excluding hydrogens is 477 g/mol. The summed E-state index contributed by atoms with van der Waals surface area (Å²) < 4.78 is 35.7. The molecule has 0 amide bonds. The van der Waals surface area contributed by atoms with Gasteiger partial charge in [-0.3, -0.25) is 14.4 Å². The van der Waals surface area contributed by atoms with Crippen molar-refractivity contribution < 1.29 is 37.7 Å². The first kappa shape index (κ1) is 24.8. The summed E-state index contributed by atoms with van der Waals surface area (Å²) in [7, 11) is 0. The Labute approximate surface area is 198 Å². The van der Waals surface area contributed by atoms with Gasteiger partial charge in [-0.05, 0) is 29.3 Å². The fourth-order valence-corrected chi connectivity index (χ4v) is 4.66. The van der Waals surface area contributed by atoms with Gasteiger partial charge in [0.25, 0.3) is 0 Å². The second kappa shape index (κ2) is 10.8. The Morgan fingerprint density at radius 3 is 2.24 bits per heavy atom. The summed E-state index contributed by atoms with van der Waals surface area (Å²) >= 11 is 7.53. The van der Waals surface area contributed by atoms with E-state index in [0.29, 0.717) is 11.1 Å². The summed E-state index contributed by atoms with van der Waals surface area (Å²) in [4.78, 5) is 38.6. The molecule has 0 spiro atoms. The van der Waals surface area contributed by atoms with Gasteiger partial charge in [-0.1, -0.05) is 17.7 Å². The average Bonchev–Trinajstić information content (AvgIpc) is 2.72. The van der Waals surface area contributed by atoms with E-state index in [4.69, 9.17) is 30.5 Å². The van der Waals surface area contributed by atoms with E-state index in [9.17, 15) is 18.8 Å². The van der Waals surface area contributed by atoms with Crippen molar-refractivity contribution in [2.75, 3.05) is 5.75 Å². The van der Waals surface area contributed by atoms with E-state index in [1.807, 2.05) is 0 Å². The Bertz CT molecular complexity index is 1050. The van der Waals surface area contributed by atoms with E-state index in [1.165, 1.54) is 44.8 Å². The Morgan fingerprint density at radius 2 is 1.61 bits per heavy atom. The molecule has 0 bridgehead atoms. The van der Waals surface area contributed by atoms with Crippen LogP contribution in [0.5, 0.6) is 5.75 Å². The zero-order valence-corrected chi connectivity index (χ0v) is 19.5. The SMILES string of the molecule is CC(=O)O[C@@H]1[C@@H](OC(C)=O)[C@H](OC(C)=O)CS[C@H]1Oc1cc(-c2ccnc(F)c2)ccc1Cl. The van der Waals surface area contributed by atoms with Crippen LogP contribution in [-0.2, 0) is 28.6 Å². The molecule has 176 valence electrons. The molecule has 1 fully saturated rings. The van der Waals surface area contributed by atoms with Crippen LogP contribution in [0.2, 0.25) is 5.02 Å². The average molecular weight is 498 g/mol. The van der Waals surface area contributed by atoms with Crippen LogP contribution in [0.15, 0.2) is 36.5 Å². The fourth-order valence-electron chi connectivity index (χ4n) is 3.29. The smallest absolute Gasteiger partial charge is 0.303 e. The zero-order valence-electron chi connectivity index (χ0n) is 17.9. The lowest BCUT2D eigenvalue weighted by Crippen LogP contribution is -2.55. The van der Waals surface area contributed by atoms with Crippen LogP contribution < -0.4 is 4.74 Å². The molecule has 0 saturated carbocycles. The number of esters is 3. The maximum atomic E-state index is 13.6. The Hall–Kier alpha value is -2.85. The third-order valence-electron chi connectivity index (χ3n) is 4.54. The Kier molecular flexibility index (Phi) is 8.15. The third-order valence-corrected chi connectivity index (χ3v) is 6.07. The first-order chi connectivity index (χ1) is 15.6. The van der Waals surface area contributed by atoms with Gasteiger partial charge in [-0.15, -0.1) is 11.8 Å². The lowest BCUT2D eigenvalue weighted by atomic mass is 10.1. The standard InChI is InChI=1S/C22H21ClFNO7S/c1-11(26)29-18-10-33-22(21(31-13(3)28)20(18)30-12(2)27)32-17-8-14(4-5-16(17)23)15-6-7-25-19(24)9-15/h4-9,18,20-22H,10H2,1-3H3/t18-,20+,21-,22-/m1/s1. The number of thioether (sulfide) groups is 1. The number of aromatic nitrogens is 1. The number of benzene rings is 1. The number of ether oxygens (including phenoxy) is 4. The molecule has 1 saturated heterocycles. The maximum absolute atomic E-state index is 13.6. The highest BCUT2D eigenvalue weighted by molar-refractivity contribution is 7.99. The molecule has 1 aliphatic rings. The van der Waals surface area contributed by atoms with Crippen molar-refractivity contribution in [1.82, 2.24) is 4.98 Å². The minimum Gasteiger partial charge on any atom is -0.474 e. The minimum atomic E-state index is -1.09. The molecule has 0 radical (unpaired) electrons. The monoisotopic (exact) mass is 497 g/mol. The molecule has 2 aromatic rings. The molecule has 11 heteroatoms. The van der Waals surface area contributed by atoms with Crippen molar-refractivity contribution in [2.45, 2.75) is 44.5 Å². The molecule has 0 N–H and O–H groups in total. The summed E-state index contributed by atoms with van der Waals surface area (Å²) in [6.45, 7) is 3.63. The van der Waals surface area contributed by atoms with E-state index in [0.717, 1.165) is 0 Å². The summed E-state index contributed by atoms with van der Waals surface area (Å²) in [5.74, 6) is -2.02. The van der Waals surface area contributed by atoms with Gasteiger partial charge in [0.1, 0.15) is 5.75 Å². The van der Waals surface area contributed by atoms with E-state index >= 15 is 0 Å². The number of carbonyl (C=O) groups is 3. The van der Waals surface area contributed by atoms with Crippen LogP contribution in [0.3, 0.4) is 0 Å². The number of hydrogen-bond acceptors (Lipinski definition) is 9. The van der Waals surface area contributed by atoms with E-state index in [2.05, 4.69) is 4.98 Å². The summed E-state index contributed by atoms with van der Waals surface area (Å²) in [6, 6.07) is 7.80. The van der Waals surface area contributed by atoms with Crippen LogP contribution >= 0.6 is 23.4 Å². The predicted molar refractivity (Wildman–Crippen MR) is 118 cm³/mol. The van der Waals surface area contributed by atoms with Crippen molar-refractivity contribution >= 4 is 41.3 Å². The molecular formula is C22H21ClFNO7S. The van der Waals surface area contributed by atoms with Crippen LogP contribution in [0.1, 0.15) is 20.8 Å². The predicted octanol–water partition coefficient (Wildman–Crippen LogP) is 3.79. The first-order valence-electron chi connectivity index (χ1n) is 9.85. The molecule has 4 atom stereocenters. The summed E-state index contributed by atoms with van der Waals surface area (Å²) in [5.41, 5.74) is 0.339. The first-order valence-corrected chi connectivity index (χ1v) is 11.3. The second-order valence-electron chi connectivity index (χ2n) is 7.13. The number of rotatable bonds is 6. The quantitative estimate of drug-likeness (QED) is 0.335. The molecule has 1 aromatic heterocycles. The second-order valence-corrected chi connectivity index (χ2v) is 8.67. The van der Waals surface area contributed by atoms with Crippen molar-refractivity contribution in [2.24, 2.45) is 0 Å². The fraction of sp³-hybridized carbons (Fsp3) is 0.364. The van der Waals surface area contributed by atoms with Gasteiger partial charge in [0.2, 0.25) is 5.95 Å². The number of hydrogen-bond donors (Lipinski definition) is 0. The minimum absolute atomic E-state index is 0.215. The molecule has 33 heavy (non-hydrogen) atoms. The molecule has 3 rings (SSSR count). The van der Waals surface area contributed by atoms with Gasteiger partial charge in [0, 0.05) is 38.8 Å². The van der Waals surface area contributed by atoms with Gasteiger partial charge in [-0.25, -0.2) is 4.98 Å². The van der Waals surface area contributed by atoms with Gasteiger partial charge >= 0.3 is 17.9 Å². The number of halogens is 2. The Balaban J connectivity index is 1.92. The van der Waals surface area contributed by atoms with Crippen molar-refractivity contribution in [3.8, 4) is 16.9 Å². The summed E-state index contributed by atoms with van der Waals surface area (Å²) in [5, 5.41) is 0.265. The molecule has 2 heterocycles. The van der Waals surface area contributed by atoms with E-state index in [1.54, 1.807) is 24.3 Å². The number of pyridine rings is 1. The highest BCUT2D eigenvalue weighted by Crippen LogP contribution is 2.38. The highest BCUT2D eigenvalue weighted by atomic mass is 35.5. The molecule has 1 aromatic carbocycles. The van der Waals surface area contributed by atoms with Crippen LogP contribution in [-0.4, -0.2) is 52.4 Å². The van der Waals surface area contributed by atoms with E-state index in [-0.39, 0.29) is 16.5 Å². The van der Waals surface area contributed by atoms with Crippen molar-refractivity contribution in [3.05, 3.63) is 47.5 Å². The van der Waals surface area contributed by atoms with Gasteiger partial charge in [0.15, 0.2) is 23.7 Å². The van der Waals surface area contributed by atoms with Crippen molar-refractivity contribution in [1.29, 1.82) is 0 Å². The zero-order chi connectivity index (χ0) is 24.1. The summed E-state index contributed by atoms with van der Waals surface area (Å²) in [6.07, 6.45) is -1.68. The molecule has 1 aliphatic heterocycles. The molecule has 8 nitrogen and oxygen atoms in total. The molecule has 0 aliphatic carbocycles. The largest absolute Gasteiger partial charge is 0.474 e. The maximum Gasteiger partial charge on any atom is 0.303 e. The van der Waals surface area contributed by atoms with Crippen LogP contribution in [0.4, 0.5) is 4.39 Å². The molecule has 0 unspecified atom stereocenters. The third kappa shape index (κ3) is 6.58.